The summed E-state index contributed by atoms with van der Waals surface area (Å²) in [5, 5.41) is 1.63. The number of anilines is 2. The summed E-state index contributed by atoms with van der Waals surface area (Å²) in [4.78, 5) is 2.53. The van der Waals surface area contributed by atoms with E-state index in [0.29, 0.717) is 10.6 Å². The van der Waals surface area contributed by atoms with Crippen LogP contribution in [-0.4, -0.2) is 21.5 Å². The van der Waals surface area contributed by atoms with Gasteiger partial charge in [0.25, 0.3) is 10.0 Å². The fourth-order valence-corrected chi connectivity index (χ4v) is 4.54. The first-order valence-corrected chi connectivity index (χ1v) is 10.3. The largest absolute Gasteiger partial charge is 0.372 e. The summed E-state index contributed by atoms with van der Waals surface area (Å²) in [6.07, 6.45) is 0. The second kappa shape index (κ2) is 7.38. The third-order valence-electron chi connectivity index (χ3n) is 4.62. The number of aryl methyl sites for hydroxylation is 1. The zero-order chi connectivity index (χ0) is 18.7. The molecule has 26 heavy (non-hydrogen) atoms. The minimum absolute atomic E-state index is 0.294. The molecule has 0 radical (unpaired) electrons. The van der Waals surface area contributed by atoms with Gasteiger partial charge in [-0.15, -0.1) is 0 Å². The molecular weight excluding hydrogens is 344 g/mol. The molecule has 0 aliphatic rings. The lowest BCUT2D eigenvalue weighted by Crippen LogP contribution is -2.22. The Morgan fingerprint density at radius 1 is 0.923 bits per heavy atom. The first-order chi connectivity index (χ1) is 12.5. The maximum Gasteiger partial charge on any atom is 0.262 e. The minimum atomic E-state index is -3.67. The highest BCUT2D eigenvalue weighted by atomic mass is 32.2. The van der Waals surface area contributed by atoms with Crippen LogP contribution in [-0.2, 0) is 10.0 Å². The molecule has 0 aliphatic carbocycles. The Hall–Kier alpha value is -2.53. The molecule has 0 fully saturated rings. The normalized spacial score (nSPS) is 11.5. The van der Waals surface area contributed by atoms with E-state index in [1.54, 1.807) is 12.1 Å². The molecule has 0 atom stereocenters. The number of fused-ring (bicyclic) bond motifs is 1. The van der Waals surface area contributed by atoms with Gasteiger partial charge in [0.15, 0.2) is 0 Å². The highest BCUT2D eigenvalue weighted by Crippen LogP contribution is 2.28. The van der Waals surface area contributed by atoms with Crippen LogP contribution in [0.5, 0.6) is 0 Å². The molecule has 0 bridgehead atoms. The van der Waals surface area contributed by atoms with Crippen LogP contribution in [0, 0.1) is 6.92 Å². The monoisotopic (exact) mass is 368 g/mol. The number of nitrogens with zero attached hydrogens (tertiary/aromatic N) is 1. The van der Waals surface area contributed by atoms with Gasteiger partial charge in [0, 0.05) is 24.2 Å². The highest BCUT2D eigenvalue weighted by Gasteiger charge is 2.18. The topological polar surface area (TPSA) is 49.4 Å². The Morgan fingerprint density at radius 3 is 2.31 bits per heavy atom. The van der Waals surface area contributed by atoms with E-state index >= 15 is 0 Å². The second-order valence-corrected chi connectivity index (χ2v) is 7.91. The van der Waals surface area contributed by atoms with E-state index < -0.39 is 10.0 Å². The van der Waals surface area contributed by atoms with Crippen molar-refractivity contribution in [3.63, 3.8) is 0 Å². The van der Waals surface area contributed by atoms with Crippen molar-refractivity contribution in [1.82, 2.24) is 0 Å². The predicted molar refractivity (Wildman–Crippen MR) is 109 cm³/mol. The Labute approximate surface area is 155 Å². The second-order valence-electron chi connectivity index (χ2n) is 6.25. The molecule has 3 aromatic carbocycles. The number of hydrogen-bond acceptors (Lipinski definition) is 3. The summed E-state index contributed by atoms with van der Waals surface area (Å²) < 4.78 is 28.7. The van der Waals surface area contributed by atoms with Gasteiger partial charge in [-0.25, -0.2) is 8.42 Å². The van der Waals surface area contributed by atoms with E-state index in [4.69, 9.17) is 0 Å². The first kappa shape index (κ1) is 18.3. The maximum atomic E-state index is 13.0. The van der Waals surface area contributed by atoms with Crippen molar-refractivity contribution in [2.75, 3.05) is 22.7 Å². The summed E-state index contributed by atoms with van der Waals surface area (Å²) in [7, 11) is -3.67. The highest BCUT2D eigenvalue weighted by molar-refractivity contribution is 7.93. The van der Waals surface area contributed by atoms with Crippen molar-refractivity contribution in [3.8, 4) is 0 Å². The van der Waals surface area contributed by atoms with Gasteiger partial charge in [-0.05, 0) is 56.0 Å². The van der Waals surface area contributed by atoms with E-state index in [2.05, 4.69) is 23.5 Å². The molecule has 0 spiro atoms. The molecular formula is C21H24N2O2S. The Kier molecular flexibility index (Phi) is 5.18. The molecule has 4 nitrogen and oxygen atoms in total. The van der Waals surface area contributed by atoms with Gasteiger partial charge < -0.3 is 4.90 Å². The molecule has 0 amide bonds. The van der Waals surface area contributed by atoms with Gasteiger partial charge >= 0.3 is 0 Å². The zero-order valence-electron chi connectivity index (χ0n) is 15.4. The number of sulfonamides is 1. The summed E-state index contributed by atoms with van der Waals surface area (Å²) in [5.41, 5.74) is 2.60. The van der Waals surface area contributed by atoms with Gasteiger partial charge in [-0.2, -0.15) is 0 Å². The summed E-state index contributed by atoms with van der Waals surface area (Å²) in [5.74, 6) is 0. The zero-order valence-corrected chi connectivity index (χ0v) is 16.2. The van der Waals surface area contributed by atoms with Crippen molar-refractivity contribution >= 4 is 32.2 Å². The van der Waals surface area contributed by atoms with Crippen LogP contribution >= 0.6 is 0 Å². The number of hydrogen-bond donors (Lipinski definition) is 1. The Morgan fingerprint density at radius 2 is 1.62 bits per heavy atom. The van der Waals surface area contributed by atoms with Crippen molar-refractivity contribution < 1.29 is 8.42 Å². The molecule has 5 heteroatoms. The van der Waals surface area contributed by atoms with Crippen LogP contribution in [0.15, 0.2) is 65.6 Å². The van der Waals surface area contributed by atoms with Crippen molar-refractivity contribution in [3.05, 3.63) is 66.2 Å². The first-order valence-electron chi connectivity index (χ1n) is 8.82. The molecule has 136 valence electrons. The minimum Gasteiger partial charge on any atom is -0.372 e. The van der Waals surface area contributed by atoms with Crippen LogP contribution in [0.3, 0.4) is 0 Å². The van der Waals surface area contributed by atoms with Crippen molar-refractivity contribution in [2.24, 2.45) is 0 Å². The summed E-state index contributed by atoms with van der Waals surface area (Å²) >= 11 is 0. The average molecular weight is 369 g/mol. The van der Waals surface area contributed by atoms with Crippen LogP contribution in [0.25, 0.3) is 10.8 Å². The van der Waals surface area contributed by atoms with Gasteiger partial charge in [-0.1, -0.05) is 36.4 Å². The molecule has 3 rings (SSSR count). The standard InChI is InChI=1S/C21H24N2O2S/c1-4-23(5-2)18-13-14-20(16(3)15-18)22-26(24,25)21-12-8-10-17-9-6-7-11-19(17)21/h6-15,22H,4-5H2,1-3H3. The molecule has 1 N–H and O–H groups in total. The average Bonchev–Trinajstić information content (AvgIpc) is 2.64. The number of rotatable bonds is 6. The molecule has 0 aliphatic heterocycles. The number of nitrogens with one attached hydrogen (secondary N) is 1. The van der Waals surface area contributed by atoms with Gasteiger partial charge in [0.05, 0.1) is 10.6 Å². The summed E-state index contributed by atoms with van der Waals surface area (Å²) in [6, 6.07) is 18.7. The fraction of sp³-hybridized carbons (Fsp3) is 0.238. The van der Waals surface area contributed by atoms with E-state index in [-0.39, 0.29) is 0 Å². The molecule has 0 aromatic heterocycles. The SMILES string of the molecule is CCN(CC)c1ccc(NS(=O)(=O)c2cccc3ccccc23)c(C)c1. The third kappa shape index (κ3) is 3.53. The molecule has 0 saturated heterocycles. The van der Waals surface area contributed by atoms with E-state index in [1.807, 2.05) is 55.5 Å². The lowest BCUT2D eigenvalue weighted by atomic mass is 10.1. The van der Waals surface area contributed by atoms with Gasteiger partial charge in [0.1, 0.15) is 0 Å². The lowest BCUT2D eigenvalue weighted by Gasteiger charge is -2.22. The van der Waals surface area contributed by atoms with Crippen LogP contribution in [0.4, 0.5) is 11.4 Å². The Bertz CT molecular complexity index is 1020. The van der Waals surface area contributed by atoms with Crippen molar-refractivity contribution in [2.45, 2.75) is 25.7 Å². The van der Waals surface area contributed by atoms with Crippen molar-refractivity contribution in [1.29, 1.82) is 0 Å². The van der Waals surface area contributed by atoms with E-state index in [1.165, 1.54) is 0 Å². The maximum absolute atomic E-state index is 13.0. The lowest BCUT2D eigenvalue weighted by molar-refractivity contribution is 0.602. The van der Waals surface area contributed by atoms with E-state index in [9.17, 15) is 8.42 Å². The van der Waals surface area contributed by atoms with Crippen LogP contribution in [0.1, 0.15) is 19.4 Å². The molecule has 0 unspecified atom stereocenters. The van der Waals surface area contributed by atoms with Gasteiger partial charge in [-0.3, -0.25) is 4.72 Å². The van der Waals surface area contributed by atoms with Crippen LogP contribution < -0.4 is 9.62 Å². The summed E-state index contributed by atoms with van der Waals surface area (Å²) in [6.45, 7) is 7.97. The Balaban J connectivity index is 1.97. The quantitative estimate of drug-likeness (QED) is 0.680. The smallest absolute Gasteiger partial charge is 0.262 e. The van der Waals surface area contributed by atoms with E-state index in [0.717, 1.165) is 35.1 Å². The van der Waals surface area contributed by atoms with Gasteiger partial charge in [0.2, 0.25) is 0 Å². The molecule has 0 heterocycles. The fourth-order valence-electron chi connectivity index (χ4n) is 3.18. The number of benzene rings is 3. The molecule has 0 saturated carbocycles. The third-order valence-corrected chi connectivity index (χ3v) is 6.05. The van der Waals surface area contributed by atoms with Crippen LogP contribution in [0.2, 0.25) is 0 Å². The molecule has 3 aromatic rings. The predicted octanol–water partition coefficient (Wildman–Crippen LogP) is 4.80.